The molecular weight excluding hydrogens is 507 g/mol. The summed E-state index contributed by atoms with van der Waals surface area (Å²) in [7, 11) is 1.87. The summed E-state index contributed by atoms with van der Waals surface area (Å²) in [5, 5.41) is 10.6. The number of aryl methyl sites for hydroxylation is 1. The van der Waals surface area contributed by atoms with Crippen molar-refractivity contribution in [2.45, 2.75) is 39.4 Å². The molecule has 10 heteroatoms. The number of hydrogen-bond donors (Lipinski definition) is 3. The topological polar surface area (TPSA) is 113 Å². The SMILES string of the molecule is CCNC(=NCc1cccc(CN2CCCC(C(N)=O)C2)c1)NCc1ncnn1C.I. The van der Waals surface area contributed by atoms with Crippen molar-refractivity contribution in [3.8, 4) is 0 Å². The summed E-state index contributed by atoms with van der Waals surface area (Å²) in [6, 6.07) is 8.46. The molecule has 0 aliphatic carbocycles. The molecule has 0 saturated carbocycles. The third-order valence-electron chi connectivity index (χ3n) is 5.29. The third kappa shape index (κ3) is 7.76. The van der Waals surface area contributed by atoms with Gasteiger partial charge in [0.25, 0.3) is 0 Å². The van der Waals surface area contributed by atoms with E-state index in [1.54, 1.807) is 11.0 Å². The molecule has 1 unspecified atom stereocenters. The number of halogens is 1. The first-order valence-electron chi connectivity index (χ1n) is 10.5. The van der Waals surface area contributed by atoms with Crippen LogP contribution >= 0.6 is 24.0 Å². The predicted molar refractivity (Wildman–Crippen MR) is 132 cm³/mol. The summed E-state index contributed by atoms with van der Waals surface area (Å²) in [6.45, 7) is 6.52. The molecule has 0 bridgehead atoms. The van der Waals surface area contributed by atoms with Crippen LogP contribution in [-0.2, 0) is 31.5 Å². The minimum atomic E-state index is -0.187. The number of aliphatic imine (C=N–C) groups is 1. The van der Waals surface area contributed by atoms with Crippen LogP contribution in [0.4, 0.5) is 0 Å². The molecule has 170 valence electrons. The first-order valence-corrected chi connectivity index (χ1v) is 10.5. The Labute approximate surface area is 200 Å². The fourth-order valence-electron chi connectivity index (χ4n) is 3.67. The zero-order valence-electron chi connectivity index (χ0n) is 18.3. The van der Waals surface area contributed by atoms with Gasteiger partial charge in [-0.2, -0.15) is 5.10 Å². The number of carbonyl (C=O) groups excluding carboxylic acids is 1. The molecule has 1 amide bonds. The van der Waals surface area contributed by atoms with Crippen molar-refractivity contribution < 1.29 is 4.79 Å². The lowest BCUT2D eigenvalue weighted by molar-refractivity contribution is -0.123. The molecule has 1 atom stereocenters. The van der Waals surface area contributed by atoms with Crippen molar-refractivity contribution in [3.05, 3.63) is 47.5 Å². The highest BCUT2D eigenvalue weighted by molar-refractivity contribution is 14.0. The Morgan fingerprint density at radius 1 is 1.32 bits per heavy atom. The number of amides is 1. The summed E-state index contributed by atoms with van der Waals surface area (Å²) >= 11 is 0. The monoisotopic (exact) mass is 540 g/mol. The first kappa shape index (κ1) is 25.1. The molecule has 1 saturated heterocycles. The summed E-state index contributed by atoms with van der Waals surface area (Å²) < 4.78 is 1.74. The van der Waals surface area contributed by atoms with Gasteiger partial charge in [0.2, 0.25) is 5.91 Å². The summed E-state index contributed by atoms with van der Waals surface area (Å²) in [5.41, 5.74) is 7.87. The van der Waals surface area contributed by atoms with E-state index < -0.39 is 0 Å². The van der Waals surface area contributed by atoms with Gasteiger partial charge in [0.15, 0.2) is 5.96 Å². The number of nitrogens with zero attached hydrogens (tertiary/aromatic N) is 5. The van der Waals surface area contributed by atoms with E-state index >= 15 is 0 Å². The van der Waals surface area contributed by atoms with E-state index in [2.05, 4.69) is 49.9 Å². The number of hydrogen-bond acceptors (Lipinski definition) is 5. The van der Waals surface area contributed by atoms with Gasteiger partial charge in [0, 0.05) is 26.7 Å². The molecule has 1 aromatic heterocycles. The highest BCUT2D eigenvalue weighted by Crippen LogP contribution is 2.19. The van der Waals surface area contributed by atoms with Gasteiger partial charge >= 0.3 is 0 Å². The Bertz CT molecular complexity index is 869. The van der Waals surface area contributed by atoms with Crippen LogP contribution in [0.2, 0.25) is 0 Å². The number of aromatic nitrogens is 3. The van der Waals surface area contributed by atoms with Crippen molar-refractivity contribution >= 4 is 35.8 Å². The molecule has 4 N–H and O–H groups in total. The number of nitrogens with one attached hydrogen (secondary N) is 2. The van der Waals surface area contributed by atoms with Gasteiger partial charge in [0.1, 0.15) is 12.2 Å². The Morgan fingerprint density at radius 2 is 2.13 bits per heavy atom. The van der Waals surface area contributed by atoms with Crippen LogP contribution in [0.25, 0.3) is 0 Å². The van der Waals surface area contributed by atoms with Crippen LogP contribution in [0.1, 0.15) is 36.7 Å². The van der Waals surface area contributed by atoms with Gasteiger partial charge in [-0.1, -0.05) is 24.3 Å². The van der Waals surface area contributed by atoms with Crippen molar-refractivity contribution in [1.29, 1.82) is 0 Å². The predicted octanol–water partition coefficient (Wildman–Crippen LogP) is 1.39. The van der Waals surface area contributed by atoms with Gasteiger partial charge in [-0.15, -0.1) is 24.0 Å². The van der Waals surface area contributed by atoms with E-state index in [-0.39, 0.29) is 35.8 Å². The van der Waals surface area contributed by atoms with E-state index in [1.807, 2.05) is 14.0 Å². The fourth-order valence-corrected chi connectivity index (χ4v) is 3.67. The van der Waals surface area contributed by atoms with E-state index in [0.717, 1.165) is 56.4 Å². The molecule has 9 nitrogen and oxygen atoms in total. The van der Waals surface area contributed by atoms with Crippen LogP contribution in [0.5, 0.6) is 0 Å². The molecule has 3 rings (SSSR count). The second-order valence-corrected chi connectivity index (χ2v) is 7.65. The number of guanidine groups is 1. The number of primary amides is 1. The number of piperidine rings is 1. The Kier molecular flexibility index (Phi) is 10.2. The lowest BCUT2D eigenvalue weighted by Crippen LogP contribution is -2.40. The molecule has 0 spiro atoms. The molecule has 1 aromatic carbocycles. The zero-order valence-corrected chi connectivity index (χ0v) is 20.6. The lowest BCUT2D eigenvalue weighted by Gasteiger charge is -2.31. The van der Waals surface area contributed by atoms with Gasteiger partial charge in [-0.3, -0.25) is 14.4 Å². The van der Waals surface area contributed by atoms with Gasteiger partial charge in [0.05, 0.1) is 19.0 Å². The van der Waals surface area contributed by atoms with Crippen LogP contribution < -0.4 is 16.4 Å². The van der Waals surface area contributed by atoms with Crippen molar-refractivity contribution in [2.75, 3.05) is 19.6 Å². The van der Waals surface area contributed by atoms with Crippen molar-refractivity contribution in [2.24, 2.45) is 23.7 Å². The molecule has 2 aromatic rings. The largest absolute Gasteiger partial charge is 0.369 e. The van der Waals surface area contributed by atoms with E-state index in [9.17, 15) is 4.79 Å². The quantitative estimate of drug-likeness (QED) is 0.265. The van der Waals surface area contributed by atoms with Gasteiger partial charge in [-0.05, 0) is 37.4 Å². The molecule has 0 radical (unpaired) electrons. The number of nitrogens with two attached hydrogens (primary N) is 1. The molecule has 31 heavy (non-hydrogen) atoms. The van der Waals surface area contributed by atoms with Crippen molar-refractivity contribution in [3.63, 3.8) is 0 Å². The van der Waals surface area contributed by atoms with E-state index in [4.69, 9.17) is 10.7 Å². The summed E-state index contributed by atoms with van der Waals surface area (Å²) in [6.07, 6.45) is 3.45. The maximum atomic E-state index is 11.5. The molecule has 1 fully saturated rings. The first-order chi connectivity index (χ1) is 14.5. The summed E-state index contributed by atoms with van der Waals surface area (Å²) in [4.78, 5) is 22.7. The van der Waals surface area contributed by atoms with Gasteiger partial charge in [-0.25, -0.2) is 9.98 Å². The Morgan fingerprint density at radius 3 is 2.84 bits per heavy atom. The lowest BCUT2D eigenvalue weighted by atomic mass is 9.97. The Balaban J connectivity index is 0.00000341. The minimum Gasteiger partial charge on any atom is -0.369 e. The van der Waals surface area contributed by atoms with E-state index in [1.165, 1.54) is 5.56 Å². The second kappa shape index (κ2) is 12.6. The standard InChI is InChI=1S/C21H32N8O.HI/c1-3-23-21(25-12-19-26-15-27-28(19)2)24-11-16-6-4-7-17(10-16)13-29-9-5-8-18(14-29)20(22)30;/h4,6-7,10,15,18H,3,5,8-9,11-14H2,1-2H3,(H2,22,30)(H2,23,24,25);1H. The fraction of sp³-hybridized carbons (Fsp3) is 0.524. The summed E-state index contributed by atoms with van der Waals surface area (Å²) in [5.74, 6) is 1.37. The second-order valence-electron chi connectivity index (χ2n) is 7.65. The van der Waals surface area contributed by atoms with Crippen molar-refractivity contribution in [1.82, 2.24) is 30.3 Å². The van der Waals surface area contributed by atoms with Crippen LogP contribution in [0, 0.1) is 5.92 Å². The maximum Gasteiger partial charge on any atom is 0.221 e. The highest BCUT2D eigenvalue weighted by Gasteiger charge is 2.23. The third-order valence-corrected chi connectivity index (χ3v) is 5.29. The minimum absolute atomic E-state index is 0. The molecular formula is C21H33IN8O. The number of benzene rings is 1. The van der Waals surface area contributed by atoms with Gasteiger partial charge < -0.3 is 16.4 Å². The molecule has 1 aliphatic heterocycles. The van der Waals surface area contributed by atoms with Crippen LogP contribution in [0.3, 0.4) is 0 Å². The average Bonchev–Trinajstić information content (AvgIpc) is 3.15. The van der Waals surface area contributed by atoms with E-state index in [0.29, 0.717) is 13.1 Å². The van der Waals surface area contributed by atoms with Crippen LogP contribution in [-0.4, -0.2) is 51.2 Å². The average molecular weight is 540 g/mol. The number of rotatable bonds is 8. The zero-order chi connectivity index (χ0) is 21.3. The Hall–Kier alpha value is -2.21. The highest BCUT2D eigenvalue weighted by atomic mass is 127. The normalized spacial score (nSPS) is 17.1. The number of carbonyl (C=O) groups is 1. The molecule has 1 aliphatic rings. The molecule has 2 heterocycles. The van der Waals surface area contributed by atoms with Crippen LogP contribution in [0.15, 0.2) is 35.6 Å². The number of likely N-dealkylation sites (tertiary alicyclic amines) is 1. The smallest absolute Gasteiger partial charge is 0.221 e. The maximum absolute atomic E-state index is 11.5.